The molecule has 0 heterocycles. The van der Waals surface area contributed by atoms with E-state index in [4.69, 9.17) is 22.1 Å². The maximum Gasteiger partial charge on any atom is 0.312 e. The topological polar surface area (TPSA) is 72.5 Å². The quantitative estimate of drug-likeness (QED) is 0.814. The van der Waals surface area contributed by atoms with E-state index in [0.717, 1.165) is 12.0 Å². The summed E-state index contributed by atoms with van der Waals surface area (Å²) >= 11 is 5.90. The Morgan fingerprint density at radius 3 is 2.68 bits per heavy atom. The van der Waals surface area contributed by atoms with E-state index in [-0.39, 0.29) is 0 Å². The minimum atomic E-state index is -0.823. The van der Waals surface area contributed by atoms with E-state index in [0.29, 0.717) is 30.2 Å². The molecule has 1 aromatic rings. The molecule has 1 aliphatic carbocycles. The Kier molecular flexibility index (Phi) is 4.02. The fourth-order valence-electron chi connectivity index (χ4n) is 2.61. The van der Waals surface area contributed by atoms with E-state index in [2.05, 4.69) is 0 Å². The number of hydrogen-bond donors (Lipinski definition) is 2. The summed E-state index contributed by atoms with van der Waals surface area (Å²) in [6, 6.07) is 5.19. The van der Waals surface area contributed by atoms with E-state index in [9.17, 15) is 9.90 Å². The van der Waals surface area contributed by atoms with E-state index >= 15 is 0 Å². The first kappa shape index (κ1) is 14.2. The van der Waals surface area contributed by atoms with Gasteiger partial charge in [0.1, 0.15) is 0 Å². The largest absolute Gasteiger partial charge is 0.481 e. The molecule has 1 aromatic carbocycles. The molecule has 1 unspecified atom stereocenters. The first-order chi connectivity index (χ1) is 9.01. The number of anilines is 1. The number of benzene rings is 1. The van der Waals surface area contributed by atoms with Crippen LogP contribution in [0.15, 0.2) is 18.2 Å². The van der Waals surface area contributed by atoms with Gasteiger partial charge < -0.3 is 15.6 Å². The van der Waals surface area contributed by atoms with Crippen molar-refractivity contribution in [3.05, 3.63) is 28.8 Å². The molecule has 4 nitrogen and oxygen atoms in total. The number of hydrogen-bond acceptors (Lipinski definition) is 3. The van der Waals surface area contributed by atoms with Crippen LogP contribution < -0.4 is 5.73 Å². The van der Waals surface area contributed by atoms with Crippen LogP contribution in [0.2, 0.25) is 5.02 Å². The monoisotopic (exact) mass is 283 g/mol. The number of carbonyl (C=O) groups is 1. The van der Waals surface area contributed by atoms with Crippen molar-refractivity contribution in [2.45, 2.75) is 32.3 Å². The molecule has 0 spiro atoms. The average Bonchev–Trinajstić information content (AvgIpc) is 2.30. The van der Waals surface area contributed by atoms with Crippen LogP contribution in [-0.2, 0) is 9.53 Å². The normalized spacial score (nSPS) is 18.6. The zero-order valence-corrected chi connectivity index (χ0v) is 11.6. The molecule has 19 heavy (non-hydrogen) atoms. The first-order valence-corrected chi connectivity index (χ1v) is 6.79. The second-order valence-corrected chi connectivity index (χ2v) is 5.34. The molecule has 5 heteroatoms. The van der Waals surface area contributed by atoms with E-state index < -0.39 is 17.5 Å². The van der Waals surface area contributed by atoms with Gasteiger partial charge in [0.05, 0.1) is 22.2 Å². The zero-order chi connectivity index (χ0) is 14.0. The van der Waals surface area contributed by atoms with Gasteiger partial charge in [-0.25, -0.2) is 0 Å². The third kappa shape index (κ3) is 2.42. The van der Waals surface area contributed by atoms with Crippen molar-refractivity contribution >= 4 is 23.3 Å². The Labute approximate surface area is 117 Å². The van der Waals surface area contributed by atoms with Gasteiger partial charge in [-0.2, -0.15) is 0 Å². The predicted octanol–water partition coefficient (Wildman–Crippen LogP) is 3.25. The highest BCUT2D eigenvalue weighted by Gasteiger charge is 2.52. The van der Waals surface area contributed by atoms with Gasteiger partial charge in [-0.3, -0.25) is 4.79 Å². The fourth-order valence-corrected chi connectivity index (χ4v) is 2.73. The fraction of sp³-hybridized carbons (Fsp3) is 0.500. The average molecular weight is 284 g/mol. The van der Waals surface area contributed by atoms with Gasteiger partial charge in [-0.1, -0.05) is 24.1 Å². The van der Waals surface area contributed by atoms with Gasteiger partial charge in [0, 0.05) is 6.61 Å². The second-order valence-electron chi connectivity index (χ2n) is 4.93. The van der Waals surface area contributed by atoms with Crippen LogP contribution in [-0.4, -0.2) is 17.7 Å². The van der Waals surface area contributed by atoms with Crippen LogP contribution >= 0.6 is 11.6 Å². The lowest BCUT2D eigenvalue weighted by molar-refractivity contribution is -0.171. The molecule has 0 saturated heterocycles. The number of nitrogens with two attached hydrogens (primary N) is 1. The Balaban J connectivity index is 2.39. The lowest BCUT2D eigenvalue weighted by atomic mass is 9.63. The molecule has 1 aliphatic rings. The van der Waals surface area contributed by atoms with Crippen LogP contribution in [0.4, 0.5) is 5.69 Å². The highest BCUT2D eigenvalue weighted by atomic mass is 35.5. The molecular weight excluding hydrogens is 266 g/mol. The molecule has 104 valence electrons. The van der Waals surface area contributed by atoms with Crippen molar-refractivity contribution in [2.75, 3.05) is 12.3 Å². The smallest absolute Gasteiger partial charge is 0.312 e. The van der Waals surface area contributed by atoms with Crippen molar-refractivity contribution in [3.8, 4) is 0 Å². The summed E-state index contributed by atoms with van der Waals surface area (Å²) in [5.41, 5.74) is 6.21. The lowest BCUT2D eigenvalue weighted by Crippen LogP contribution is -2.44. The predicted molar refractivity (Wildman–Crippen MR) is 74.2 cm³/mol. The van der Waals surface area contributed by atoms with E-state index in [1.54, 1.807) is 18.2 Å². The van der Waals surface area contributed by atoms with Crippen molar-refractivity contribution in [3.63, 3.8) is 0 Å². The lowest BCUT2D eigenvalue weighted by Gasteiger charge is -2.43. The van der Waals surface area contributed by atoms with Gasteiger partial charge >= 0.3 is 5.97 Å². The number of ether oxygens (including phenoxy) is 1. The number of rotatable bonds is 5. The van der Waals surface area contributed by atoms with Crippen LogP contribution in [0.5, 0.6) is 0 Å². The van der Waals surface area contributed by atoms with Crippen molar-refractivity contribution < 1.29 is 14.6 Å². The van der Waals surface area contributed by atoms with Gasteiger partial charge in [0.15, 0.2) is 0 Å². The molecular formula is C14H18ClNO3. The molecule has 0 radical (unpaired) electrons. The summed E-state index contributed by atoms with van der Waals surface area (Å²) in [5.74, 6) is -0.800. The molecule has 0 bridgehead atoms. The minimum Gasteiger partial charge on any atom is -0.481 e. The Morgan fingerprint density at radius 2 is 2.26 bits per heavy atom. The number of halogens is 1. The standard InChI is InChI=1S/C14H18ClNO3/c1-2-19-12(14(13(17)18)6-3-7-14)9-4-5-10(15)11(16)8-9/h4-5,8,12H,2-3,6-7,16H2,1H3,(H,17,18). The SMILES string of the molecule is CCOC(c1ccc(Cl)c(N)c1)C1(C(=O)O)CCC1. The minimum absolute atomic E-state index is 0.448. The summed E-state index contributed by atoms with van der Waals surface area (Å²) in [5, 5.41) is 10.00. The van der Waals surface area contributed by atoms with E-state index in [1.165, 1.54) is 0 Å². The third-order valence-corrected chi connectivity index (χ3v) is 4.17. The Morgan fingerprint density at radius 1 is 1.58 bits per heavy atom. The highest BCUT2D eigenvalue weighted by Crippen LogP contribution is 2.52. The third-order valence-electron chi connectivity index (χ3n) is 3.83. The summed E-state index contributed by atoms with van der Waals surface area (Å²) in [6.07, 6.45) is 1.72. The van der Waals surface area contributed by atoms with E-state index in [1.807, 2.05) is 6.92 Å². The molecule has 1 saturated carbocycles. The summed E-state index contributed by atoms with van der Waals surface area (Å²) in [7, 11) is 0. The van der Waals surface area contributed by atoms with Crippen molar-refractivity contribution in [1.29, 1.82) is 0 Å². The van der Waals surface area contributed by atoms with Crippen LogP contribution in [0.1, 0.15) is 37.9 Å². The zero-order valence-electron chi connectivity index (χ0n) is 10.9. The van der Waals surface area contributed by atoms with Crippen molar-refractivity contribution in [1.82, 2.24) is 0 Å². The maximum atomic E-state index is 11.6. The molecule has 1 fully saturated rings. The maximum absolute atomic E-state index is 11.6. The second kappa shape index (κ2) is 5.39. The summed E-state index contributed by atoms with van der Waals surface area (Å²) in [6.45, 7) is 2.32. The number of carboxylic acid groups (broad SMARTS) is 1. The number of nitrogen functional groups attached to an aromatic ring is 1. The van der Waals surface area contributed by atoms with Crippen LogP contribution in [0.3, 0.4) is 0 Å². The van der Waals surface area contributed by atoms with Crippen LogP contribution in [0.25, 0.3) is 0 Å². The summed E-state index contributed by atoms with van der Waals surface area (Å²) in [4.78, 5) is 11.6. The molecule has 1 atom stereocenters. The van der Waals surface area contributed by atoms with Crippen LogP contribution in [0, 0.1) is 5.41 Å². The first-order valence-electron chi connectivity index (χ1n) is 6.41. The summed E-state index contributed by atoms with van der Waals surface area (Å²) < 4.78 is 5.71. The Hall–Kier alpha value is -1.26. The molecule has 3 N–H and O–H groups in total. The van der Waals surface area contributed by atoms with Gasteiger partial charge in [-0.05, 0) is 37.5 Å². The molecule has 0 aromatic heterocycles. The van der Waals surface area contributed by atoms with Crippen molar-refractivity contribution in [2.24, 2.45) is 5.41 Å². The molecule has 0 amide bonds. The van der Waals surface area contributed by atoms with Gasteiger partial charge in [-0.15, -0.1) is 0 Å². The molecule has 0 aliphatic heterocycles. The van der Waals surface area contributed by atoms with Gasteiger partial charge in [0.2, 0.25) is 0 Å². The Bertz CT molecular complexity index is 486. The number of aliphatic carboxylic acids is 1. The molecule has 2 rings (SSSR count). The highest BCUT2D eigenvalue weighted by molar-refractivity contribution is 6.33. The number of carboxylic acids is 1. The van der Waals surface area contributed by atoms with Gasteiger partial charge in [0.25, 0.3) is 0 Å².